The average Bonchev–Trinajstić information content (AvgIpc) is 2.82. The Morgan fingerprint density at radius 1 is 0.625 bits per heavy atom. The molecule has 0 amide bonds. The van der Waals surface area contributed by atoms with E-state index in [1.165, 1.54) is 0 Å². The van der Waals surface area contributed by atoms with Gasteiger partial charge >= 0.3 is 0 Å². The van der Waals surface area contributed by atoms with Crippen molar-refractivity contribution < 1.29 is 23.8 Å². The van der Waals surface area contributed by atoms with E-state index in [1.54, 1.807) is 28.4 Å². The maximum absolute atomic E-state index is 6.83. The summed E-state index contributed by atoms with van der Waals surface area (Å²) in [4.78, 5) is 6.83. The van der Waals surface area contributed by atoms with Gasteiger partial charge in [-0.2, -0.15) is 0 Å². The number of methoxy groups -OCH3 is 4. The van der Waals surface area contributed by atoms with Gasteiger partial charge < -0.3 is 18.9 Å². The highest BCUT2D eigenvalue weighted by Crippen LogP contribution is 2.59. The first-order valence-electron chi connectivity index (χ1n) is 12.2. The number of ether oxygens (including phenoxy) is 4. The molecule has 194 valence electrons. The fourth-order valence-corrected chi connectivity index (χ4v) is 8.19. The standard InChI is InChI=1S/C24H53NO5P2/c1-11-18(26-7)23(16-31,19(12-2)27-8)22(6,30-25-15-5)24(17-32,20(13-3)28-9)21(14-4)29-10/h18-21,25H,11-17,31-32H2,1-10H3. The molecule has 0 saturated carbocycles. The number of hydrogen-bond donors (Lipinski definition) is 1. The lowest BCUT2D eigenvalue weighted by Gasteiger charge is -2.64. The van der Waals surface area contributed by atoms with Crippen molar-refractivity contribution in [3.8, 4) is 0 Å². The van der Waals surface area contributed by atoms with E-state index in [0.717, 1.165) is 38.0 Å². The minimum absolute atomic E-state index is 0.104. The summed E-state index contributed by atoms with van der Waals surface area (Å²) in [6.07, 6.45) is 4.38. The minimum Gasteiger partial charge on any atom is -0.381 e. The number of hydrogen-bond acceptors (Lipinski definition) is 6. The summed E-state index contributed by atoms with van der Waals surface area (Å²) in [6.45, 7) is 13.6. The molecule has 0 radical (unpaired) electrons. The van der Waals surface area contributed by atoms with E-state index in [-0.39, 0.29) is 24.4 Å². The molecule has 0 rings (SSSR count). The highest BCUT2D eigenvalue weighted by Gasteiger charge is 2.70. The second kappa shape index (κ2) is 15.6. The second-order valence-corrected chi connectivity index (χ2v) is 9.47. The second-order valence-electron chi connectivity index (χ2n) is 8.65. The van der Waals surface area contributed by atoms with Crippen molar-refractivity contribution >= 4 is 18.5 Å². The SMILES string of the molecule is CCNOC(C)(C(CP)(C(CC)OC)C(CC)OC)C(CP)(C(CC)OC)C(CC)OC. The van der Waals surface area contributed by atoms with Crippen LogP contribution in [0.15, 0.2) is 0 Å². The fraction of sp³-hybridized carbons (Fsp3) is 1.00. The third-order valence-corrected chi connectivity index (χ3v) is 9.14. The molecule has 6 nitrogen and oxygen atoms in total. The first-order chi connectivity index (χ1) is 15.3. The largest absolute Gasteiger partial charge is 0.381 e. The molecular weight excluding hydrogens is 444 g/mol. The van der Waals surface area contributed by atoms with E-state index in [1.807, 2.05) is 6.92 Å². The van der Waals surface area contributed by atoms with Crippen LogP contribution < -0.4 is 5.48 Å². The van der Waals surface area contributed by atoms with Gasteiger partial charge in [0.15, 0.2) is 0 Å². The average molecular weight is 498 g/mol. The summed E-state index contributed by atoms with van der Waals surface area (Å²) in [5, 5.41) is 0. The van der Waals surface area contributed by atoms with Crippen LogP contribution in [0.25, 0.3) is 0 Å². The van der Waals surface area contributed by atoms with E-state index in [2.05, 4.69) is 58.6 Å². The minimum atomic E-state index is -0.778. The van der Waals surface area contributed by atoms with Crippen LogP contribution >= 0.6 is 18.5 Å². The quantitative estimate of drug-likeness (QED) is 0.206. The smallest absolute Gasteiger partial charge is 0.109 e. The van der Waals surface area contributed by atoms with Crippen molar-refractivity contribution in [3.05, 3.63) is 0 Å². The van der Waals surface area contributed by atoms with Crippen molar-refractivity contribution in [2.75, 3.05) is 47.3 Å². The molecule has 6 atom stereocenters. The highest BCUT2D eigenvalue weighted by molar-refractivity contribution is 7.16. The Bertz CT molecular complexity index is 421. The van der Waals surface area contributed by atoms with Crippen molar-refractivity contribution in [3.63, 3.8) is 0 Å². The lowest BCUT2D eigenvalue weighted by atomic mass is 9.51. The van der Waals surface area contributed by atoms with Crippen LogP contribution in [0.2, 0.25) is 0 Å². The molecule has 1 N–H and O–H groups in total. The molecular formula is C24H53NO5P2. The molecule has 0 aromatic heterocycles. The molecule has 0 spiro atoms. The van der Waals surface area contributed by atoms with Gasteiger partial charge in [-0.15, -0.1) is 18.5 Å². The maximum atomic E-state index is 6.83. The first-order valence-corrected chi connectivity index (χ1v) is 13.8. The molecule has 0 aliphatic carbocycles. The topological polar surface area (TPSA) is 58.2 Å². The van der Waals surface area contributed by atoms with Crippen molar-refractivity contribution in [1.29, 1.82) is 0 Å². The number of hydroxylamine groups is 1. The van der Waals surface area contributed by atoms with Crippen molar-refractivity contribution in [2.45, 2.75) is 97.2 Å². The number of nitrogens with one attached hydrogen (secondary N) is 1. The van der Waals surface area contributed by atoms with Crippen molar-refractivity contribution in [1.82, 2.24) is 5.48 Å². The zero-order valence-corrected chi connectivity index (χ0v) is 24.8. The van der Waals surface area contributed by atoms with E-state index < -0.39 is 16.4 Å². The van der Waals surface area contributed by atoms with Crippen LogP contribution in [0.4, 0.5) is 0 Å². The molecule has 0 bridgehead atoms. The summed E-state index contributed by atoms with van der Waals surface area (Å²) >= 11 is 0. The summed E-state index contributed by atoms with van der Waals surface area (Å²) < 4.78 is 24.8. The zero-order chi connectivity index (χ0) is 25.0. The summed E-state index contributed by atoms with van der Waals surface area (Å²) in [5.74, 6) is 0. The van der Waals surface area contributed by atoms with Crippen molar-refractivity contribution in [2.24, 2.45) is 10.8 Å². The van der Waals surface area contributed by atoms with E-state index in [4.69, 9.17) is 23.8 Å². The zero-order valence-electron chi connectivity index (χ0n) is 22.5. The predicted molar refractivity (Wildman–Crippen MR) is 142 cm³/mol. The molecule has 0 heterocycles. The Morgan fingerprint density at radius 2 is 0.906 bits per heavy atom. The van der Waals surface area contributed by atoms with Crippen LogP contribution in [-0.4, -0.2) is 77.3 Å². The van der Waals surface area contributed by atoms with Gasteiger partial charge in [-0.3, -0.25) is 4.84 Å². The summed E-state index contributed by atoms with van der Waals surface area (Å²) in [6, 6.07) is 0. The van der Waals surface area contributed by atoms with Crippen LogP contribution in [0.3, 0.4) is 0 Å². The van der Waals surface area contributed by atoms with Crippen LogP contribution in [0.5, 0.6) is 0 Å². The Kier molecular flexibility index (Phi) is 15.9. The summed E-state index contributed by atoms with van der Waals surface area (Å²) in [5.41, 5.74) is 1.44. The molecule has 0 aliphatic rings. The predicted octanol–water partition coefficient (Wildman–Crippen LogP) is 4.71. The Balaban J connectivity index is 7.70. The lowest BCUT2D eigenvalue weighted by Crippen LogP contribution is -2.76. The molecule has 0 aromatic rings. The first kappa shape index (κ1) is 32.6. The number of rotatable bonds is 19. The monoisotopic (exact) mass is 497 g/mol. The Hall–Kier alpha value is 0.620. The molecule has 0 fully saturated rings. The molecule has 32 heavy (non-hydrogen) atoms. The third-order valence-electron chi connectivity index (χ3n) is 7.79. The summed E-state index contributed by atoms with van der Waals surface area (Å²) in [7, 11) is 13.1. The van der Waals surface area contributed by atoms with Crippen LogP contribution in [-0.2, 0) is 23.8 Å². The van der Waals surface area contributed by atoms with E-state index in [0.29, 0.717) is 6.54 Å². The van der Waals surface area contributed by atoms with Gasteiger partial charge in [0.1, 0.15) is 5.60 Å². The Morgan fingerprint density at radius 3 is 1.06 bits per heavy atom. The molecule has 0 saturated heterocycles. The van der Waals surface area contributed by atoms with Gasteiger partial charge in [0, 0.05) is 35.0 Å². The highest BCUT2D eigenvalue weighted by atomic mass is 31.0. The van der Waals surface area contributed by atoms with Crippen LogP contribution in [0.1, 0.15) is 67.2 Å². The maximum Gasteiger partial charge on any atom is 0.109 e. The Labute approximate surface area is 203 Å². The third kappa shape index (κ3) is 5.54. The van der Waals surface area contributed by atoms with Gasteiger partial charge in [0.05, 0.1) is 35.2 Å². The van der Waals surface area contributed by atoms with Gasteiger partial charge in [0.2, 0.25) is 0 Å². The molecule has 8 heteroatoms. The van der Waals surface area contributed by atoms with Gasteiger partial charge in [-0.1, -0.05) is 34.6 Å². The van der Waals surface area contributed by atoms with Gasteiger partial charge in [0.25, 0.3) is 0 Å². The fourth-order valence-electron chi connectivity index (χ4n) is 6.36. The van der Waals surface area contributed by atoms with Crippen LogP contribution in [0, 0.1) is 10.8 Å². The lowest BCUT2D eigenvalue weighted by molar-refractivity contribution is -0.314. The molecule has 0 aliphatic heterocycles. The van der Waals surface area contributed by atoms with E-state index in [9.17, 15) is 0 Å². The molecule has 6 unspecified atom stereocenters. The van der Waals surface area contributed by atoms with Gasteiger partial charge in [-0.25, -0.2) is 5.48 Å². The van der Waals surface area contributed by atoms with E-state index >= 15 is 0 Å². The van der Waals surface area contributed by atoms with Gasteiger partial charge in [-0.05, 0) is 44.9 Å². The molecule has 0 aromatic carbocycles. The normalized spacial score (nSPS) is 21.8.